The second kappa shape index (κ2) is 8.25. The van der Waals surface area contributed by atoms with E-state index in [1.807, 2.05) is 6.92 Å². The predicted molar refractivity (Wildman–Crippen MR) is 84.2 cm³/mol. The summed E-state index contributed by atoms with van der Waals surface area (Å²) in [4.78, 5) is 11.7. The fraction of sp³-hybridized carbons (Fsp3) is 0.933. The Morgan fingerprint density at radius 1 is 1.50 bits per heavy atom. The molecule has 3 N–H and O–H groups in total. The Morgan fingerprint density at radius 2 is 2.20 bits per heavy atom. The van der Waals surface area contributed by atoms with E-state index >= 15 is 0 Å². The number of rotatable bonds is 9. The summed E-state index contributed by atoms with van der Waals surface area (Å²) >= 11 is 1.74. The first-order chi connectivity index (χ1) is 9.44. The summed E-state index contributed by atoms with van der Waals surface area (Å²) in [5, 5.41) is 22.6. The Balaban J connectivity index is 2.55. The molecule has 0 aromatic carbocycles. The largest absolute Gasteiger partial charge is 0.480 e. The zero-order valence-corrected chi connectivity index (χ0v) is 13.7. The summed E-state index contributed by atoms with van der Waals surface area (Å²) in [6.07, 6.45) is 4.27. The van der Waals surface area contributed by atoms with Gasteiger partial charge in [-0.25, -0.2) is 0 Å². The van der Waals surface area contributed by atoms with Gasteiger partial charge in [0.15, 0.2) is 0 Å². The number of hydrogen-bond donors (Lipinski definition) is 3. The van der Waals surface area contributed by atoms with Crippen LogP contribution >= 0.6 is 11.8 Å². The third kappa shape index (κ3) is 4.37. The summed E-state index contributed by atoms with van der Waals surface area (Å²) in [6, 6.07) is 0. The number of hydrogen-bond acceptors (Lipinski definition) is 4. The minimum atomic E-state index is -0.718. The number of carboxylic acids is 1. The fourth-order valence-corrected chi connectivity index (χ4v) is 4.01. The Hall–Kier alpha value is -0.260. The van der Waals surface area contributed by atoms with Crippen LogP contribution in [0.2, 0.25) is 0 Å². The van der Waals surface area contributed by atoms with Gasteiger partial charge in [0.25, 0.3) is 0 Å². The maximum absolute atomic E-state index is 11.7. The first kappa shape index (κ1) is 17.8. The van der Waals surface area contributed by atoms with E-state index in [1.54, 1.807) is 18.7 Å². The van der Waals surface area contributed by atoms with Crippen molar-refractivity contribution in [3.8, 4) is 0 Å². The molecule has 0 amide bonds. The van der Waals surface area contributed by atoms with Crippen LogP contribution in [0.25, 0.3) is 0 Å². The van der Waals surface area contributed by atoms with E-state index in [-0.39, 0.29) is 17.3 Å². The number of nitrogens with one attached hydrogen (secondary N) is 1. The van der Waals surface area contributed by atoms with Gasteiger partial charge in [-0.3, -0.25) is 4.79 Å². The van der Waals surface area contributed by atoms with Crippen molar-refractivity contribution in [3.05, 3.63) is 0 Å². The minimum Gasteiger partial charge on any atom is -0.480 e. The lowest BCUT2D eigenvalue weighted by Gasteiger charge is -2.33. The number of carbonyl (C=O) groups is 1. The molecule has 1 aliphatic carbocycles. The van der Waals surface area contributed by atoms with Gasteiger partial charge in [0.1, 0.15) is 5.54 Å². The first-order valence-corrected chi connectivity index (χ1v) is 8.77. The number of aliphatic carboxylic acids is 1. The monoisotopic (exact) mass is 303 g/mol. The molecule has 118 valence electrons. The molecule has 20 heavy (non-hydrogen) atoms. The highest BCUT2D eigenvalue weighted by molar-refractivity contribution is 7.99. The Labute approximate surface area is 126 Å². The Bertz CT molecular complexity index is 311. The molecule has 1 aliphatic rings. The van der Waals surface area contributed by atoms with E-state index in [2.05, 4.69) is 12.2 Å². The molecule has 0 aromatic heterocycles. The molecule has 4 atom stereocenters. The first-order valence-electron chi connectivity index (χ1n) is 7.72. The molecule has 4 nitrogen and oxygen atoms in total. The van der Waals surface area contributed by atoms with E-state index in [9.17, 15) is 15.0 Å². The van der Waals surface area contributed by atoms with Gasteiger partial charge in [0, 0.05) is 5.25 Å². The van der Waals surface area contributed by atoms with Gasteiger partial charge >= 0.3 is 5.97 Å². The number of thioether (sulfide) groups is 1. The fourth-order valence-electron chi connectivity index (χ4n) is 2.94. The molecule has 0 aromatic rings. The molecule has 5 heteroatoms. The Morgan fingerprint density at radius 3 is 2.75 bits per heavy atom. The number of aliphatic hydroxyl groups excluding tert-OH is 1. The molecule has 0 bridgehead atoms. The van der Waals surface area contributed by atoms with Gasteiger partial charge in [0.05, 0.1) is 6.10 Å². The van der Waals surface area contributed by atoms with Crippen LogP contribution < -0.4 is 5.32 Å². The normalized spacial score (nSPS) is 29.3. The molecule has 1 rings (SSSR count). The molecule has 0 spiro atoms. The highest BCUT2D eigenvalue weighted by Gasteiger charge is 2.48. The minimum absolute atomic E-state index is 0.208. The summed E-state index contributed by atoms with van der Waals surface area (Å²) in [5.41, 5.74) is -0.718. The van der Waals surface area contributed by atoms with Crippen molar-refractivity contribution in [1.29, 1.82) is 0 Å². The number of carboxylic acid groups (broad SMARTS) is 1. The Kier molecular flexibility index (Phi) is 7.34. The average Bonchev–Trinajstić information content (AvgIpc) is 2.80. The lowest BCUT2D eigenvalue weighted by molar-refractivity contribution is -0.146. The molecule has 1 fully saturated rings. The third-order valence-electron chi connectivity index (χ3n) is 4.42. The molecular weight excluding hydrogens is 274 g/mol. The highest BCUT2D eigenvalue weighted by Crippen LogP contribution is 2.39. The van der Waals surface area contributed by atoms with Crippen molar-refractivity contribution in [2.75, 3.05) is 12.3 Å². The van der Waals surface area contributed by atoms with Crippen LogP contribution in [0.4, 0.5) is 0 Å². The summed E-state index contributed by atoms with van der Waals surface area (Å²) in [5.74, 6) is 0.432. The highest BCUT2D eigenvalue weighted by atomic mass is 32.2. The van der Waals surface area contributed by atoms with Crippen molar-refractivity contribution >= 4 is 17.7 Å². The van der Waals surface area contributed by atoms with E-state index in [0.29, 0.717) is 0 Å². The molecule has 0 heterocycles. The van der Waals surface area contributed by atoms with E-state index < -0.39 is 11.5 Å². The van der Waals surface area contributed by atoms with Gasteiger partial charge in [-0.05, 0) is 50.8 Å². The van der Waals surface area contributed by atoms with Crippen molar-refractivity contribution < 1.29 is 15.0 Å². The molecule has 0 saturated heterocycles. The number of aliphatic hydroxyl groups is 1. The second-order valence-electron chi connectivity index (χ2n) is 5.90. The molecule has 4 unspecified atom stereocenters. The van der Waals surface area contributed by atoms with Crippen molar-refractivity contribution in [2.24, 2.45) is 5.92 Å². The van der Waals surface area contributed by atoms with Crippen molar-refractivity contribution in [3.63, 3.8) is 0 Å². The van der Waals surface area contributed by atoms with Crippen LogP contribution in [0.5, 0.6) is 0 Å². The van der Waals surface area contributed by atoms with Crippen molar-refractivity contribution in [1.82, 2.24) is 5.32 Å². The van der Waals surface area contributed by atoms with Gasteiger partial charge in [-0.2, -0.15) is 11.8 Å². The SMILES string of the molecule is CCCNC1(C(=O)O)CCCC1CCSC(C)C(C)O. The maximum Gasteiger partial charge on any atom is 0.324 e. The second-order valence-corrected chi connectivity index (χ2v) is 7.38. The third-order valence-corrected chi connectivity index (χ3v) is 5.81. The van der Waals surface area contributed by atoms with Gasteiger partial charge in [0.2, 0.25) is 0 Å². The van der Waals surface area contributed by atoms with E-state index in [1.165, 1.54) is 0 Å². The van der Waals surface area contributed by atoms with Crippen LogP contribution in [-0.4, -0.2) is 45.4 Å². The van der Waals surface area contributed by atoms with Crippen LogP contribution in [0.1, 0.15) is 52.9 Å². The van der Waals surface area contributed by atoms with E-state index in [0.717, 1.165) is 44.4 Å². The quantitative estimate of drug-likeness (QED) is 0.610. The van der Waals surface area contributed by atoms with Gasteiger partial charge < -0.3 is 15.5 Å². The molecular formula is C15H29NO3S. The topological polar surface area (TPSA) is 69.6 Å². The summed E-state index contributed by atoms with van der Waals surface area (Å²) in [7, 11) is 0. The average molecular weight is 303 g/mol. The van der Waals surface area contributed by atoms with E-state index in [4.69, 9.17) is 0 Å². The van der Waals surface area contributed by atoms with Gasteiger partial charge in [-0.15, -0.1) is 0 Å². The van der Waals surface area contributed by atoms with Crippen LogP contribution in [0, 0.1) is 5.92 Å². The lowest BCUT2D eigenvalue weighted by atomic mass is 9.85. The summed E-state index contributed by atoms with van der Waals surface area (Å²) < 4.78 is 0. The van der Waals surface area contributed by atoms with Crippen molar-refractivity contribution in [2.45, 2.75) is 69.8 Å². The van der Waals surface area contributed by atoms with Crippen LogP contribution in [-0.2, 0) is 4.79 Å². The molecule has 0 aliphatic heterocycles. The predicted octanol–water partition coefficient (Wildman–Crippen LogP) is 2.50. The molecule has 0 radical (unpaired) electrons. The smallest absolute Gasteiger partial charge is 0.324 e. The molecule has 1 saturated carbocycles. The van der Waals surface area contributed by atoms with Crippen LogP contribution in [0.3, 0.4) is 0 Å². The lowest BCUT2D eigenvalue weighted by Crippen LogP contribution is -2.55. The standard InChI is InChI=1S/C15H29NO3S/c1-4-9-16-15(14(18)19)8-5-6-13(15)7-10-20-12(3)11(2)17/h11-13,16-17H,4-10H2,1-3H3,(H,18,19). The zero-order chi connectivity index (χ0) is 15.2. The zero-order valence-electron chi connectivity index (χ0n) is 12.9. The maximum atomic E-state index is 11.7. The van der Waals surface area contributed by atoms with Gasteiger partial charge in [-0.1, -0.05) is 20.3 Å². The summed E-state index contributed by atoms with van der Waals surface area (Å²) in [6.45, 7) is 6.65. The van der Waals surface area contributed by atoms with Crippen LogP contribution in [0.15, 0.2) is 0 Å².